The van der Waals surface area contributed by atoms with Gasteiger partial charge in [-0.2, -0.15) is 0 Å². The maximum atomic E-state index is 11.1. The van der Waals surface area contributed by atoms with Crippen LogP contribution in [-0.2, 0) is 0 Å². The van der Waals surface area contributed by atoms with Crippen LogP contribution in [0.1, 0.15) is 42.9 Å². The average Bonchev–Trinajstić information content (AvgIpc) is 3.14. The molecule has 1 aliphatic heterocycles. The Morgan fingerprint density at radius 1 is 0.958 bits per heavy atom. The summed E-state index contributed by atoms with van der Waals surface area (Å²) in [6.07, 6.45) is 2.11. The second-order valence-electron chi connectivity index (χ2n) is 6.63. The van der Waals surface area contributed by atoms with Gasteiger partial charge in [-0.05, 0) is 30.2 Å². The molecular weight excluding hydrogens is 298 g/mol. The molecule has 3 heteroatoms. The average molecular weight is 326 g/mol. The van der Waals surface area contributed by atoms with E-state index in [0.717, 1.165) is 17.9 Å². The normalized spacial score (nSPS) is 17.6. The molecule has 3 nitrogen and oxygen atoms in total. The maximum absolute atomic E-state index is 11.1. The molecule has 2 N–H and O–H groups in total. The van der Waals surface area contributed by atoms with Crippen molar-refractivity contribution in [3.05, 3.63) is 65.7 Å². The number of hydrogen-bond donors (Lipinski definition) is 2. The molecule has 0 aromatic heterocycles. The zero-order valence-corrected chi connectivity index (χ0v) is 14.4. The predicted molar refractivity (Wildman–Crippen MR) is 96.6 cm³/mol. The Morgan fingerprint density at radius 2 is 1.62 bits per heavy atom. The van der Waals surface area contributed by atoms with Crippen LogP contribution in [0.3, 0.4) is 0 Å². The van der Waals surface area contributed by atoms with E-state index in [1.807, 2.05) is 37.3 Å². The van der Waals surface area contributed by atoms with E-state index >= 15 is 0 Å². The fourth-order valence-corrected chi connectivity index (χ4v) is 3.66. The Morgan fingerprint density at radius 3 is 2.25 bits per heavy atom. The van der Waals surface area contributed by atoms with Gasteiger partial charge in [-0.1, -0.05) is 42.5 Å². The van der Waals surface area contributed by atoms with Gasteiger partial charge in [0.1, 0.15) is 5.75 Å². The number of quaternary nitrogens is 1. The number of aliphatic hydroxyl groups is 1. The molecule has 128 valence electrons. The Kier molecular flexibility index (Phi) is 5.89. The Balaban J connectivity index is 1.80. The molecule has 0 aliphatic carbocycles. The van der Waals surface area contributed by atoms with Gasteiger partial charge in [0.05, 0.1) is 38.3 Å². The minimum atomic E-state index is -0.490. The molecule has 1 saturated heterocycles. The first-order valence-electron chi connectivity index (χ1n) is 9.07. The van der Waals surface area contributed by atoms with Crippen LogP contribution in [0.25, 0.3) is 0 Å². The monoisotopic (exact) mass is 326 g/mol. The summed E-state index contributed by atoms with van der Waals surface area (Å²) in [5.74, 6) is 0.979. The fraction of sp³-hybridized carbons (Fsp3) is 0.429. The molecule has 0 spiro atoms. The maximum Gasteiger partial charge on any atom is 0.119 e. The number of rotatable bonds is 7. The van der Waals surface area contributed by atoms with Crippen molar-refractivity contribution in [1.82, 2.24) is 0 Å². The number of aliphatic hydroxyl groups excluding tert-OH is 1. The van der Waals surface area contributed by atoms with Crippen LogP contribution in [0.15, 0.2) is 54.6 Å². The minimum absolute atomic E-state index is 0.122. The van der Waals surface area contributed by atoms with Crippen LogP contribution in [0, 0.1) is 0 Å². The number of hydrogen-bond acceptors (Lipinski definition) is 2. The van der Waals surface area contributed by atoms with Gasteiger partial charge in [-0.3, -0.25) is 0 Å². The van der Waals surface area contributed by atoms with E-state index in [0.29, 0.717) is 6.61 Å². The first-order chi connectivity index (χ1) is 11.8. The summed E-state index contributed by atoms with van der Waals surface area (Å²) in [6.45, 7) is 6.07. The van der Waals surface area contributed by atoms with Crippen molar-refractivity contribution < 1.29 is 14.7 Å². The first kappa shape index (κ1) is 17.0. The molecule has 2 atom stereocenters. The van der Waals surface area contributed by atoms with E-state index in [4.69, 9.17) is 4.74 Å². The van der Waals surface area contributed by atoms with Crippen LogP contribution in [-0.4, -0.2) is 31.3 Å². The smallest absolute Gasteiger partial charge is 0.119 e. The summed E-state index contributed by atoms with van der Waals surface area (Å²) in [7, 11) is 0. The van der Waals surface area contributed by atoms with Gasteiger partial charge in [-0.25, -0.2) is 0 Å². The molecule has 1 fully saturated rings. The molecule has 0 radical (unpaired) electrons. The largest absolute Gasteiger partial charge is 0.494 e. The molecule has 1 heterocycles. The summed E-state index contributed by atoms with van der Waals surface area (Å²) in [4.78, 5) is 1.61. The third kappa shape index (κ3) is 4.16. The van der Waals surface area contributed by atoms with Gasteiger partial charge in [0.15, 0.2) is 0 Å². The fourth-order valence-electron chi connectivity index (χ4n) is 3.66. The van der Waals surface area contributed by atoms with E-state index in [-0.39, 0.29) is 5.92 Å². The van der Waals surface area contributed by atoms with Gasteiger partial charge in [-0.15, -0.1) is 0 Å². The zero-order chi connectivity index (χ0) is 16.8. The highest BCUT2D eigenvalue weighted by molar-refractivity contribution is 5.31. The molecule has 2 aromatic carbocycles. The highest BCUT2D eigenvalue weighted by Crippen LogP contribution is 2.31. The second kappa shape index (κ2) is 8.32. The van der Waals surface area contributed by atoms with Gasteiger partial charge >= 0.3 is 0 Å². The van der Waals surface area contributed by atoms with Crippen LogP contribution < -0.4 is 9.64 Å². The minimum Gasteiger partial charge on any atom is -0.494 e. The number of nitrogens with one attached hydrogen (secondary N) is 1. The highest BCUT2D eigenvalue weighted by Gasteiger charge is 2.28. The van der Waals surface area contributed by atoms with Crippen molar-refractivity contribution in [3.8, 4) is 5.75 Å². The lowest BCUT2D eigenvalue weighted by Crippen LogP contribution is -3.10. The van der Waals surface area contributed by atoms with Crippen molar-refractivity contribution in [2.75, 3.05) is 26.2 Å². The molecule has 0 bridgehead atoms. The number of likely N-dealkylation sites (tertiary alicyclic amines) is 1. The zero-order valence-electron chi connectivity index (χ0n) is 14.4. The lowest BCUT2D eigenvalue weighted by atomic mass is 9.88. The first-order valence-corrected chi connectivity index (χ1v) is 9.07. The van der Waals surface area contributed by atoms with E-state index in [1.165, 1.54) is 31.5 Å². The lowest BCUT2D eigenvalue weighted by molar-refractivity contribution is -0.889. The molecule has 0 unspecified atom stereocenters. The van der Waals surface area contributed by atoms with Gasteiger partial charge in [0.2, 0.25) is 0 Å². The SMILES string of the molecule is CCOc1ccc([C@H](O)[C@@H](C[NH+]2CCCC2)c2ccccc2)cc1. The van der Waals surface area contributed by atoms with Crippen LogP contribution >= 0.6 is 0 Å². The topological polar surface area (TPSA) is 33.9 Å². The standard InChI is InChI=1S/C21H27NO2/c1-2-24-19-12-10-18(11-13-19)21(23)20(16-22-14-6-7-15-22)17-8-4-3-5-9-17/h3-5,8-13,20-21,23H,2,6-7,14-16H2,1H3/p+1/t20-,21-/m0/s1. The number of benzene rings is 2. The molecule has 0 saturated carbocycles. The highest BCUT2D eigenvalue weighted by atomic mass is 16.5. The molecule has 2 aromatic rings. The van der Waals surface area contributed by atoms with Crippen LogP contribution in [0.4, 0.5) is 0 Å². The Labute approximate surface area is 144 Å². The summed E-state index contributed by atoms with van der Waals surface area (Å²) < 4.78 is 5.51. The molecule has 0 amide bonds. The molecule has 24 heavy (non-hydrogen) atoms. The van der Waals surface area contributed by atoms with Crippen molar-refractivity contribution in [1.29, 1.82) is 0 Å². The van der Waals surface area contributed by atoms with Crippen molar-refractivity contribution in [2.45, 2.75) is 31.8 Å². The summed E-state index contributed by atoms with van der Waals surface area (Å²) in [5, 5.41) is 11.1. The van der Waals surface area contributed by atoms with Crippen molar-refractivity contribution in [3.63, 3.8) is 0 Å². The van der Waals surface area contributed by atoms with Gasteiger partial charge in [0.25, 0.3) is 0 Å². The van der Waals surface area contributed by atoms with Crippen LogP contribution in [0.2, 0.25) is 0 Å². The summed E-state index contributed by atoms with van der Waals surface area (Å²) in [5.41, 5.74) is 2.18. The van der Waals surface area contributed by atoms with Crippen molar-refractivity contribution >= 4 is 0 Å². The van der Waals surface area contributed by atoms with Gasteiger partial charge < -0.3 is 14.7 Å². The predicted octanol–water partition coefficient (Wildman–Crippen LogP) is 2.58. The summed E-state index contributed by atoms with van der Waals surface area (Å²) in [6, 6.07) is 18.3. The van der Waals surface area contributed by atoms with E-state index in [2.05, 4.69) is 24.3 Å². The van der Waals surface area contributed by atoms with Crippen molar-refractivity contribution in [2.24, 2.45) is 0 Å². The lowest BCUT2D eigenvalue weighted by Gasteiger charge is -2.26. The molecular formula is C21H28NO2+. The Bertz CT molecular complexity index is 605. The third-order valence-electron chi connectivity index (χ3n) is 4.96. The second-order valence-corrected chi connectivity index (χ2v) is 6.63. The van der Waals surface area contributed by atoms with E-state index in [1.54, 1.807) is 4.90 Å². The quantitative estimate of drug-likeness (QED) is 0.820. The number of ether oxygens (including phenoxy) is 1. The molecule has 1 aliphatic rings. The summed E-state index contributed by atoms with van der Waals surface area (Å²) >= 11 is 0. The van der Waals surface area contributed by atoms with E-state index in [9.17, 15) is 5.11 Å². The molecule has 3 rings (SSSR count). The Hall–Kier alpha value is -1.84. The third-order valence-corrected chi connectivity index (χ3v) is 4.96. The van der Waals surface area contributed by atoms with Gasteiger partial charge in [0, 0.05) is 12.8 Å². The van der Waals surface area contributed by atoms with E-state index < -0.39 is 6.10 Å². The van der Waals surface area contributed by atoms with Crippen LogP contribution in [0.5, 0.6) is 5.75 Å².